The zero-order chi connectivity index (χ0) is 9.56. The van der Waals surface area contributed by atoms with E-state index in [4.69, 9.17) is 22.5 Å². The molecule has 0 aliphatic heterocycles. The minimum atomic E-state index is -0.921. The minimum Gasteiger partial charge on any atom is -0.780 e. The number of rotatable bonds is 1. The van der Waals surface area contributed by atoms with Crippen LogP contribution in [0.1, 0.15) is 10.4 Å². The van der Waals surface area contributed by atoms with Gasteiger partial charge in [-0.25, -0.2) is 4.79 Å². The van der Waals surface area contributed by atoms with Gasteiger partial charge in [0.1, 0.15) is 6.79 Å². The number of carboxylic acid groups (broad SMARTS) is 1. The first-order chi connectivity index (χ1) is 5.70. The van der Waals surface area contributed by atoms with Crippen molar-refractivity contribution in [1.82, 2.24) is 0 Å². The van der Waals surface area contributed by atoms with Crippen molar-refractivity contribution in [2.75, 3.05) is 0 Å². The average Bonchev–Trinajstić information content (AvgIpc) is 2.09. The van der Waals surface area contributed by atoms with Crippen molar-refractivity contribution in [2.24, 2.45) is 0 Å². The molecule has 1 radical (unpaired) electrons. The standard InChI is InChI=1S/C7H6O2S.CH2O.CH3.Y/c8-7(9)5-1-3-6(10)4-2-5;1-2;;/h1-4,10H,(H,8,9);1H2;1H3;/q;;-1;/p-1. The third-order valence-corrected chi connectivity index (χ3v) is 1.37. The Morgan fingerprint density at radius 3 is 1.86 bits per heavy atom. The smallest absolute Gasteiger partial charge is 0.335 e. The van der Waals surface area contributed by atoms with Gasteiger partial charge in [0.25, 0.3) is 0 Å². The van der Waals surface area contributed by atoms with Crippen molar-refractivity contribution in [3.63, 3.8) is 0 Å². The quantitative estimate of drug-likeness (QED) is 0.629. The number of carbonyl (C=O) groups is 2. The number of hydrogen-bond donors (Lipinski definition) is 1. The van der Waals surface area contributed by atoms with Crippen LogP contribution in [0.3, 0.4) is 0 Å². The van der Waals surface area contributed by atoms with E-state index in [1.54, 1.807) is 12.1 Å². The largest absolute Gasteiger partial charge is 0.780 e. The first kappa shape index (κ1) is 19.3. The number of aromatic carboxylic acids is 1. The fourth-order valence-electron chi connectivity index (χ4n) is 0.598. The van der Waals surface area contributed by atoms with Crippen LogP contribution in [-0.4, -0.2) is 17.9 Å². The molecule has 3 nitrogen and oxygen atoms in total. The molecule has 0 amide bonds. The summed E-state index contributed by atoms with van der Waals surface area (Å²) in [5.41, 5.74) is 0.272. The second kappa shape index (κ2) is 10.8. The molecule has 1 N–H and O–H groups in total. The first-order valence-electron chi connectivity index (χ1n) is 2.99. The van der Waals surface area contributed by atoms with E-state index in [-0.39, 0.29) is 45.7 Å². The normalized spacial score (nSPS) is 6.86. The monoisotopic (exact) mass is 287 g/mol. The van der Waals surface area contributed by atoms with E-state index in [0.29, 0.717) is 4.90 Å². The Morgan fingerprint density at radius 1 is 1.21 bits per heavy atom. The molecule has 0 unspecified atom stereocenters. The van der Waals surface area contributed by atoms with Crippen LogP contribution in [0, 0.1) is 7.43 Å². The van der Waals surface area contributed by atoms with Gasteiger partial charge in [0.05, 0.1) is 5.56 Å². The maximum absolute atomic E-state index is 10.3. The molecule has 14 heavy (non-hydrogen) atoms. The van der Waals surface area contributed by atoms with Crippen molar-refractivity contribution >= 4 is 25.4 Å². The van der Waals surface area contributed by atoms with Gasteiger partial charge in [-0.2, -0.15) is 4.90 Å². The summed E-state index contributed by atoms with van der Waals surface area (Å²) in [6, 6.07) is 6.17. The second-order valence-electron chi connectivity index (χ2n) is 1.83. The van der Waals surface area contributed by atoms with E-state index >= 15 is 0 Å². The van der Waals surface area contributed by atoms with Gasteiger partial charge in [-0.3, -0.25) is 0 Å². The molecule has 1 aromatic rings. The maximum atomic E-state index is 10.3. The van der Waals surface area contributed by atoms with Crippen molar-refractivity contribution in [3.8, 4) is 0 Å². The first-order valence-corrected chi connectivity index (χ1v) is 3.40. The summed E-state index contributed by atoms with van der Waals surface area (Å²) < 4.78 is 0. The summed E-state index contributed by atoms with van der Waals surface area (Å²) in [5, 5.41) is 8.44. The van der Waals surface area contributed by atoms with Gasteiger partial charge in [-0.15, -0.1) is 0 Å². The molecule has 0 atom stereocenters. The summed E-state index contributed by atoms with van der Waals surface area (Å²) in [4.78, 5) is 18.9. The van der Waals surface area contributed by atoms with Crippen LogP contribution in [0.2, 0.25) is 0 Å². The van der Waals surface area contributed by atoms with Crippen LogP contribution in [0.25, 0.3) is 0 Å². The van der Waals surface area contributed by atoms with Gasteiger partial charge >= 0.3 is 5.97 Å². The van der Waals surface area contributed by atoms with Gasteiger partial charge in [0, 0.05) is 32.7 Å². The molecule has 0 saturated heterocycles. The van der Waals surface area contributed by atoms with E-state index in [2.05, 4.69) is 0 Å². The van der Waals surface area contributed by atoms with Gasteiger partial charge in [0.15, 0.2) is 0 Å². The third kappa shape index (κ3) is 7.12. The molecule has 0 aromatic heterocycles. The summed E-state index contributed by atoms with van der Waals surface area (Å²) >= 11 is 4.77. The Kier molecular flexibility index (Phi) is 14.8. The van der Waals surface area contributed by atoms with Crippen LogP contribution in [0.15, 0.2) is 29.2 Å². The molecule has 0 aliphatic rings. The van der Waals surface area contributed by atoms with Crippen molar-refractivity contribution in [3.05, 3.63) is 37.3 Å². The molecule has 1 aromatic carbocycles. The minimum absolute atomic E-state index is 0. The molecule has 0 spiro atoms. The summed E-state index contributed by atoms with van der Waals surface area (Å²) in [5.74, 6) is -0.921. The Bertz CT molecular complexity index is 261. The molecule has 75 valence electrons. The molecule has 0 bridgehead atoms. The maximum Gasteiger partial charge on any atom is 0.335 e. The average molecular weight is 287 g/mol. The van der Waals surface area contributed by atoms with Crippen molar-refractivity contribution in [1.29, 1.82) is 0 Å². The van der Waals surface area contributed by atoms with Crippen LogP contribution >= 0.6 is 0 Å². The predicted octanol–water partition coefficient (Wildman–Crippen LogP) is 1.55. The van der Waals surface area contributed by atoms with Crippen molar-refractivity contribution < 1.29 is 47.4 Å². The Labute approximate surface area is 114 Å². The Hall–Kier alpha value is -0.316. The zero-order valence-electron chi connectivity index (χ0n) is 7.77. The van der Waals surface area contributed by atoms with Gasteiger partial charge in [-0.05, 0) is 12.1 Å². The summed E-state index contributed by atoms with van der Waals surface area (Å²) in [7, 11) is 0. The van der Waals surface area contributed by atoms with Gasteiger partial charge < -0.3 is 30.0 Å². The van der Waals surface area contributed by atoms with Crippen molar-refractivity contribution in [2.45, 2.75) is 4.90 Å². The van der Waals surface area contributed by atoms with E-state index in [1.165, 1.54) is 12.1 Å². The zero-order valence-corrected chi connectivity index (χ0v) is 11.4. The number of benzene rings is 1. The Balaban J connectivity index is -0.000000284. The number of carbonyl (C=O) groups excluding carboxylic acids is 1. The molecule has 0 fully saturated rings. The van der Waals surface area contributed by atoms with E-state index in [0.717, 1.165) is 0 Å². The van der Waals surface area contributed by atoms with Gasteiger partial charge in [-0.1, -0.05) is 12.1 Å². The molecule has 1 rings (SSSR count). The van der Waals surface area contributed by atoms with Crippen LogP contribution in [0.5, 0.6) is 0 Å². The third-order valence-electron chi connectivity index (χ3n) is 1.10. The van der Waals surface area contributed by atoms with E-state index in [1.807, 2.05) is 6.79 Å². The molecule has 0 aliphatic carbocycles. The summed E-state index contributed by atoms with van der Waals surface area (Å²) in [6.45, 7) is 2.00. The SMILES string of the molecule is C=O.O=C(O)c1ccc([S-])cc1.[CH3-].[Y]. The van der Waals surface area contributed by atoms with Crippen LogP contribution < -0.4 is 0 Å². The van der Waals surface area contributed by atoms with Gasteiger partial charge in [0.2, 0.25) is 0 Å². The fourth-order valence-corrected chi connectivity index (χ4v) is 0.734. The predicted molar refractivity (Wildman–Crippen MR) is 52.6 cm³/mol. The van der Waals surface area contributed by atoms with E-state index in [9.17, 15) is 4.79 Å². The topological polar surface area (TPSA) is 54.4 Å². The van der Waals surface area contributed by atoms with Crippen LogP contribution in [0.4, 0.5) is 0 Å². The van der Waals surface area contributed by atoms with E-state index < -0.39 is 5.97 Å². The summed E-state index contributed by atoms with van der Waals surface area (Å²) in [6.07, 6.45) is 0. The van der Waals surface area contributed by atoms with Crippen LogP contribution in [-0.2, 0) is 50.1 Å². The molecule has 0 saturated carbocycles. The Morgan fingerprint density at radius 2 is 1.57 bits per heavy atom. The molecular weight excluding hydrogens is 277 g/mol. The molecular formula is C9H10O3SY-2. The number of carboxylic acids is 1. The number of hydrogen-bond acceptors (Lipinski definition) is 3. The molecule has 5 heteroatoms. The fraction of sp³-hybridized carbons (Fsp3) is 0. The molecule has 0 heterocycles. The second-order valence-corrected chi connectivity index (χ2v) is 2.30.